The average Bonchev–Trinajstić information content (AvgIpc) is 2.22. The second-order valence-corrected chi connectivity index (χ2v) is 3.32. The van der Waals surface area contributed by atoms with Gasteiger partial charge in [0.2, 0.25) is 5.91 Å². The number of nitrogens with zero attached hydrogens (tertiary/aromatic N) is 1. The van der Waals surface area contributed by atoms with Gasteiger partial charge in [-0.1, -0.05) is 5.92 Å². The summed E-state index contributed by atoms with van der Waals surface area (Å²) in [5.41, 5.74) is 0.885. The van der Waals surface area contributed by atoms with Gasteiger partial charge in [0.05, 0.1) is 0 Å². The number of carbonyl (C=O) groups excluding carboxylic acids is 1. The lowest BCUT2D eigenvalue weighted by atomic mass is 10.3. The zero-order chi connectivity index (χ0) is 12.0. The van der Waals surface area contributed by atoms with Gasteiger partial charge in [0, 0.05) is 25.6 Å². The lowest BCUT2D eigenvalue weighted by molar-refractivity contribution is -0.118. The van der Waals surface area contributed by atoms with Crippen molar-refractivity contribution < 1.29 is 9.18 Å². The van der Waals surface area contributed by atoms with Crippen LogP contribution in [0, 0.1) is 24.6 Å². The minimum absolute atomic E-state index is 0.0957. The van der Waals surface area contributed by atoms with E-state index in [0.717, 1.165) is 5.69 Å². The van der Waals surface area contributed by atoms with Crippen molar-refractivity contribution >= 4 is 5.91 Å². The molecule has 0 bridgehead atoms. The van der Waals surface area contributed by atoms with Crippen LogP contribution >= 0.6 is 0 Å². The van der Waals surface area contributed by atoms with Crippen molar-refractivity contribution in [3.05, 3.63) is 29.3 Å². The molecule has 0 radical (unpaired) electrons. The first-order valence-corrected chi connectivity index (χ1v) is 4.96. The molecule has 1 heterocycles. The molecule has 1 aromatic heterocycles. The maximum Gasteiger partial charge on any atom is 0.216 e. The molecule has 4 heteroatoms. The zero-order valence-electron chi connectivity index (χ0n) is 9.30. The fraction of sp³-hybridized carbons (Fsp3) is 0.333. The molecule has 1 amide bonds. The minimum Gasteiger partial charge on any atom is -0.355 e. The number of aryl methyl sites for hydroxylation is 1. The largest absolute Gasteiger partial charge is 0.355 e. The number of hydrogen-bond donors (Lipinski definition) is 1. The fourth-order valence-electron chi connectivity index (χ4n) is 1.07. The fourth-order valence-corrected chi connectivity index (χ4v) is 1.07. The van der Waals surface area contributed by atoms with Gasteiger partial charge < -0.3 is 5.32 Å². The molecule has 1 N–H and O–H groups in total. The quantitative estimate of drug-likeness (QED) is 0.604. The summed E-state index contributed by atoms with van der Waals surface area (Å²) in [7, 11) is 0. The van der Waals surface area contributed by atoms with E-state index in [2.05, 4.69) is 22.1 Å². The van der Waals surface area contributed by atoms with Crippen LogP contribution in [0.2, 0.25) is 0 Å². The Morgan fingerprint density at radius 3 is 3.00 bits per heavy atom. The maximum absolute atomic E-state index is 13.2. The molecule has 1 aromatic rings. The van der Waals surface area contributed by atoms with Crippen molar-refractivity contribution in [2.45, 2.75) is 20.3 Å². The number of nitrogens with one attached hydrogen (secondary N) is 1. The second kappa shape index (κ2) is 5.86. The Balaban J connectivity index is 2.56. The predicted octanol–water partition coefficient (Wildman–Crippen LogP) is 1.41. The molecule has 0 spiro atoms. The highest BCUT2D eigenvalue weighted by molar-refractivity contribution is 5.72. The summed E-state index contributed by atoms with van der Waals surface area (Å²) in [6, 6.07) is 2.94. The van der Waals surface area contributed by atoms with Crippen molar-refractivity contribution in [2.24, 2.45) is 0 Å². The predicted molar refractivity (Wildman–Crippen MR) is 59.1 cm³/mol. The molecule has 16 heavy (non-hydrogen) atoms. The van der Waals surface area contributed by atoms with E-state index in [0.29, 0.717) is 13.0 Å². The molecule has 0 saturated heterocycles. The third-order valence-electron chi connectivity index (χ3n) is 1.82. The van der Waals surface area contributed by atoms with Gasteiger partial charge in [0.25, 0.3) is 0 Å². The Morgan fingerprint density at radius 2 is 2.31 bits per heavy atom. The SMILES string of the molecule is CC(=O)NCCC#Cc1nc(C)ccc1F. The molecule has 84 valence electrons. The van der Waals surface area contributed by atoms with E-state index >= 15 is 0 Å². The second-order valence-electron chi connectivity index (χ2n) is 3.32. The summed E-state index contributed by atoms with van der Waals surface area (Å²) in [6.07, 6.45) is 0.481. The molecule has 1 rings (SSSR count). The highest BCUT2D eigenvalue weighted by Crippen LogP contribution is 2.03. The monoisotopic (exact) mass is 220 g/mol. The number of amides is 1. The van der Waals surface area contributed by atoms with Crippen molar-refractivity contribution in [2.75, 3.05) is 6.54 Å². The number of aromatic nitrogens is 1. The zero-order valence-corrected chi connectivity index (χ0v) is 9.30. The van der Waals surface area contributed by atoms with E-state index in [4.69, 9.17) is 0 Å². The van der Waals surface area contributed by atoms with Crippen LogP contribution in [0.15, 0.2) is 12.1 Å². The van der Waals surface area contributed by atoms with Crippen molar-refractivity contribution in [3.63, 3.8) is 0 Å². The first kappa shape index (κ1) is 12.2. The van der Waals surface area contributed by atoms with E-state index in [1.54, 1.807) is 13.0 Å². The molecule has 0 aliphatic rings. The Morgan fingerprint density at radius 1 is 1.56 bits per heavy atom. The van der Waals surface area contributed by atoms with Gasteiger partial charge in [-0.15, -0.1) is 0 Å². The number of pyridine rings is 1. The van der Waals surface area contributed by atoms with Gasteiger partial charge in [-0.05, 0) is 25.0 Å². The molecule has 0 aliphatic heterocycles. The maximum atomic E-state index is 13.2. The Kier molecular flexibility index (Phi) is 4.46. The van der Waals surface area contributed by atoms with Gasteiger partial charge in [-0.3, -0.25) is 4.79 Å². The van der Waals surface area contributed by atoms with Crippen LogP contribution in [-0.2, 0) is 4.79 Å². The van der Waals surface area contributed by atoms with Gasteiger partial charge in [-0.25, -0.2) is 9.37 Å². The first-order chi connectivity index (χ1) is 7.59. The third kappa shape index (κ3) is 4.09. The molecule has 0 fully saturated rings. The van der Waals surface area contributed by atoms with E-state index in [9.17, 15) is 9.18 Å². The van der Waals surface area contributed by atoms with Crippen LogP contribution in [0.4, 0.5) is 4.39 Å². The Bertz CT molecular complexity index is 446. The summed E-state index contributed by atoms with van der Waals surface area (Å²) in [5.74, 6) is 4.88. The lowest BCUT2D eigenvalue weighted by Gasteiger charge is -1.96. The van der Waals surface area contributed by atoms with Crippen molar-refractivity contribution in [1.29, 1.82) is 0 Å². The Labute approximate surface area is 94.1 Å². The lowest BCUT2D eigenvalue weighted by Crippen LogP contribution is -2.20. The van der Waals surface area contributed by atoms with Crippen LogP contribution in [0.25, 0.3) is 0 Å². The summed E-state index contributed by atoms with van der Waals surface area (Å²) in [6.45, 7) is 3.69. The summed E-state index contributed by atoms with van der Waals surface area (Å²) in [4.78, 5) is 14.5. The van der Waals surface area contributed by atoms with E-state index in [-0.39, 0.29) is 11.6 Å². The highest BCUT2D eigenvalue weighted by Gasteiger charge is 1.99. The third-order valence-corrected chi connectivity index (χ3v) is 1.82. The van der Waals surface area contributed by atoms with Gasteiger partial charge in [-0.2, -0.15) is 0 Å². The van der Waals surface area contributed by atoms with Crippen LogP contribution < -0.4 is 5.32 Å². The van der Waals surface area contributed by atoms with Gasteiger partial charge in [0.15, 0.2) is 5.82 Å². The highest BCUT2D eigenvalue weighted by atomic mass is 19.1. The smallest absolute Gasteiger partial charge is 0.216 e. The number of rotatable bonds is 2. The standard InChI is InChI=1S/C12H13FN2O/c1-9-6-7-11(13)12(15-9)5-3-4-8-14-10(2)16/h6-7H,4,8H2,1-2H3,(H,14,16). The van der Waals surface area contributed by atoms with Gasteiger partial charge >= 0.3 is 0 Å². The molecule has 3 nitrogen and oxygen atoms in total. The number of carbonyl (C=O) groups is 1. The van der Waals surface area contributed by atoms with Crippen LogP contribution in [0.3, 0.4) is 0 Å². The average molecular weight is 220 g/mol. The summed E-state index contributed by atoms with van der Waals surface area (Å²) in [5, 5.41) is 2.60. The van der Waals surface area contributed by atoms with Crippen molar-refractivity contribution in [1.82, 2.24) is 10.3 Å². The number of halogens is 1. The van der Waals surface area contributed by atoms with Crippen LogP contribution in [-0.4, -0.2) is 17.4 Å². The van der Waals surface area contributed by atoms with Crippen LogP contribution in [0.1, 0.15) is 24.7 Å². The topological polar surface area (TPSA) is 42.0 Å². The van der Waals surface area contributed by atoms with Crippen LogP contribution in [0.5, 0.6) is 0 Å². The molecule has 0 unspecified atom stereocenters. The molecule has 0 aromatic carbocycles. The van der Waals surface area contributed by atoms with E-state index in [1.165, 1.54) is 13.0 Å². The molecule has 0 aliphatic carbocycles. The molecular formula is C12H13FN2O. The molecule has 0 saturated carbocycles. The Hall–Kier alpha value is -1.89. The van der Waals surface area contributed by atoms with E-state index in [1.807, 2.05) is 0 Å². The first-order valence-electron chi connectivity index (χ1n) is 4.96. The number of hydrogen-bond acceptors (Lipinski definition) is 2. The normalized spacial score (nSPS) is 9.19. The minimum atomic E-state index is -0.419. The van der Waals surface area contributed by atoms with Crippen molar-refractivity contribution in [3.8, 4) is 11.8 Å². The van der Waals surface area contributed by atoms with E-state index < -0.39 is 5.82 Å². The molecular weight excluding hydrogens is 207 g/mol. The van der Waals surface area contributed by atoms with Gasteiger partial charge in [0.1, 0.15) is 5.69 Å². The summed E-state index contributed by atoms with van der Waals surface area (Å²) < 4.78 is 13.2. The molecule has 0 atom stereocenters. The summed E-state index contributed by atoms with van der Waals surface area (Å²) >= 11 is 0.